The summed E-state index contributed by atoms with van der Waals surface area (Å²) in [5.41, 5.74) is 0. The van der Waals surface area contributed by atoms with Crippen LogP contribution in [0.25, 0.3) is 0 Å². The third-order valence-corrected chi connectivity index (χ3v) is 4.99. The van der Waals surface area contributed by atoms with Crippen LogP contribution in [0.1, 0.15) is 33.6 Å². The zero-order chi connectivity index (χ0) is 12.3. The molecule has 5 nitrogen and oxygen atoms in total. The third-order valence-electron chi connectivity index (χ3n) is 2.75. The van der Waals surface area contributed by atoms with Crippen LogP contribution in [0, 0.1) is 0 Å². The van der Waals surface area contributed by atoms with Gasteiger partial charge in [0, 0.05) is 26.1 Å². The Kier molecular flexibility index (Phi) is 4.32. The van der Waals surface area contributed by atoms with E-state index in [2.05, 4.69) is 5.32 Å². The highest BCUT2D eigenvalue weighted by Crippen LogP contribution is 2.17. The number of amides is 1. The first-order valence-corrected chi connectivity index (χ1v) is 7.10. The predicted octanol–water partition coefficient (Wildman–Crippen LogP) is 0.325. The molecule has 1 N–H and O–H groups in total. The molecular weight excluding hydrogens is 228 g/mol. The van der Waals surface area contributed by atoms with Gasteiger partial charge in [0.05, 0.1) is 5.25 Å². The van der Waals surface area contributed by atoms with Crippen LogP contribution >= 0.6 is 0 Å². The minimum absolute atomic E-state index is 0.0419. The second-order valence-electron chi connectivity index (χ2n) is 4.49. The number of carbonyl (C=O) groups excluding carboxylic acids is 1. The molecule has 0 aromatic carbocycles. The molecule has 0 saturated carbocycles. The number of nitrogens with zero attached hydrogens (tertiary/aromatic N) is 1. The highest BCUT2D eigenvalue weighted by molar-refractivity contribution is 7.89. The van der Waals surface area contributed by atoms with E-state index in [9.17, 15) is 13.2 Å². The van der Waals surface area contributed by atoms with Crippen LogP contribution in [0.15, 0.2) is 0 Å². The smallest absolute Gasteiger partial charge is 0.217 e. The lowest BCUT2D eigenvalue weighted by Crippen LogP contribution is -2.50. The lowest BCUT2D eigenvalue weighted by atomic mass is 10.1. The number of rotatable bonds is 3. The Morgan fingerprint density at radius 2 is 2.06 bits per heavy atom. The molecular formula is C10H20N2O3S. The molecule has 1 rings (SSSR count). The summed E-state index contributed by atoms with van der Waals surface area (Å²) >= 11 is 0. The van der Waals surface area contributed by atoms with Crippen LogP contribution < -0.4 is 5.32 Å². The molecule has 0 spiro atoms. The summed E-state index contributed by atoms with van der Waals surface area (Å²) in [7, 11) is -3.19. The summed E-state index contributed by atoms with van der Waals surface area (Å²) in [4.78, 5) is 10.9. The lowest BCUT2D eigenvalue weighted by molar-refractivity contribution is -0.119. The topological polar surface area (TPSA) is 66.5 Å². The number of hydrogen-bond acceptors (Lipinski definition) is 3. The fraction of sp³-hybridized carbons (Fsp3) is 0.900. The number of piperidine rings is 1. The van der Waals surface area contributed by atoms with Gasteiger partial charge in [-0.2, -0.15) is 4.31 Å². The number of carbonyl (C=O) groups is 1. The molecule has 1 aliphatic heterocycles. The highest BCUT2D eigenvalue weighted by Gasteiger charge is 2.31. The Morgan fingerprint density at radius 3 is 2.56 bits per heavy atom. The second kappa shape index (κ2) is 5.14. The van der Waals surface area contributed by atoms with Crippen molar-refractivity contribution in [3.05, 3.63) is 0 Å². The van der Waals surface area contributed by atoms with Gasteiger partial charge in [0.25, 0.3) is 0 Å². The minimum atomic E-state index is -3.19. The van der Waals surface area contributed by atoms with Crippen LogP contribution in [-0.4, -0.2) is 43.0 Å². The molecule has 1 atom stereocenters. The largest absolute Gasteiger partial charge is 0.352 e. The van der Waals surface area contributed by atoms with Crippen LogP contribution in [0.2, 0.25) is 0 Å². The fourth-order valence-electron chi connectivity index (χ4n) is 1.88. The Labute approximate surface area is 97.2 Å². The van der Waals surface area contributed by atoms with Gasteiger partial charge in [0.15, 0.2) is 0 Å². The first kappa shape index (κ1) is 13.4. The molecule has 1 fully saturated rings. The van der Waals surface area contributed by atoms with Gasteiger partial charge in [-0.1, -0.05) is 0 Å². The quantitative estimate of drug-likeness (QED) is 0.782. The average Bonchev–Trinajstić information content (AvgIpc) is 2.16. The van der Waals surface area contributed by atoms with Crippen LogP contribution in [-0.2, 0) is 14.8 Å². The average molecular weight is 248 g/mol. The van der Waals surface area contributed by atoms with Gasteiger partial charge < -0.3 is 5.32 Å². The molecule has 94 valence electrons. The summed E-state index contributed by atoms with van der Waals surface area (Å²) in [6.07, 6.45) is 1.65. The van der Waals surface area contributed by atoms with Crippen molar-refractivity contribution in [2.75, 3.05) is 13.1 Å². The summed E-state index contributed by atoms with van der Waals surface area (Å²) in [5.74, 6) is -0.103. The van der Waals surface area contributed by atoms with Crippen LogP contribution in [0.5, 0.6) is 0 Å². The lowest BCUT2D eigenvalue weighted by Gasteiger charge is -2.33. The monoisotopic (exact) mass is 248 g/mol. The first-order chi connectivity index (χ1) is 7.34. The standard InChI is InChI=1S/C10H20N2O3S/c1-8(2)16(14,15)12-6-4-5-10(7-12)11-9(3)13/h8,10H,4-7H2,1-3H3,(H,11,13). The van der Waals surface area contributed by atoms with Crippen molar-refractivity contribution in [3.63, 3.8) is 0 Å². The van der Waals surface area contributed by atoms with E-state index in [4.69, 9.17) is 0 Å². The number of sulfonamides is 1. The van der Waals surface area contributed by atoms with E-state index in [1.807, 2.05) is 0 Å². The first-order valence-electron chi connectivity index (χ1n) is 5.60. The predicted molar refractivity (Wildman–Crippen MR) is 62.5 cm³/mol. The van der Waals surface area contributed by atoms with Gasteiger partial charge in [-0.05, 0) is 26.7 Å². The van der Waals surface area contributed by atoms with Crippen molar-refractivity contribution < 1.29 is 13.2 Å². The minimum Gasteiger partial charge on any atom is -0.352 e. The molecule has 6 heteroatoms. The van der Waals surface area contributed by atoms with Gasteiger partial charge in [-0.25, -0.2) is 8.42 Å². The molecule has 0 aromatic heterocycles. The van der Waals surface area contributed by atoms with Crippen molar-refractivity contribution in [1.29, 1.82) is 0 Å². The normalized spacial score (nSPS) is 23.4. The van der Waals surface area contributed by atoms with Gasteiger partial charge in [0.1, 0.15) is 0 Å². The highest BCUT2D eigenvalue weighted by atomic mass is 32.2. The fourth-order valence-corrected chi connectivity index (χ4v) is 3.24. The molecule has 1 aliphatic rings. The Balaban J connectivity index is 2.67. The summed E-state index contributed by atoms with van der Waals surface area (Å²) in [6.45, 7) is 5.78. The zero-order valence-electron chi connectivity index (χ0n) is 10.1. The van der Waals surface area contributed by atoms with Gasteiger partial charge >= 0.3 is 0 Å². The van der Waals surface area contributed by atoms with E-state index in [-0.39, 0.29) is 11.9 Å². The van der Waals surface area contributed by atoms with E-state index in [1.165, 1.54) is 11.2 Å². The maximum absolute atomic E-state index is 11.9. The second-order valence-corrected chi connectivity index (χ2v) is 6.98. The molecule has 0 aromatic rings. The molecule has 0 bridgehead atoms. The van der Waals surface area contributed by atoms with Crippen molar-refractivity contribution in [2.45, 2.75) is 44.9 Å². The molecule has 1 unspecified atom stereocenters. The van der Waals surface area contributed by atoms with Crippen molar-refractivity contribution >= 4 is 15.9 Å². The van der Waals surface area contributed by atoms with Crippen LogP contribution in [0.4, 0.5) is 0 Å². The summed E-state index contributed by atoms with van der Waals surface area (Å²) in [5, 5.41) is 2.38. The number of nitrogens with one attached hydrogen (secondary N) is 1. The third kappa shape index (κ3) is 3.18. The van der Waals surface area contributed by atoms with E-state index in [1.54, 1.807) is 13.8 Å². The van der Waals surface area contributed by atoms with E-state index in [0.29, 0.717) is 13.1 Å². The van der Waals surface area contributed by atoms with Crippen molar-refractivity contribution in [2.24, 2.45) is 0 Å². The molecule has 0 aliphatic carbocycles. The SMILES string of the molecule is CC(=O)NC1CCCN(S(=O)(=O)C(C)C)C1. The Morgan fingerprint density at radius 1 is 1.44 bits per heavy atom. The molecule has 1 heterocycles. The summed E-state index contributed by atoms with van der Waals surface area (Å²) in [6, 6.07) is -0.0419. The van der Waals surface area contributed by atoms with Gasteiger partial charge in [-0.15, -0.1) is 0 Å². The Hall–Kier alpha value is -0.620. The van der Waals surface area contributed by atoms with Gasteiger partial charge in [0.2, 0.25) is 15.9 Å². The molecule has 16 heavy (non-hydrogen) atoms. The molecule has 1 saturated heterocycles. The van der Waals surface area contributed by atoms with E-state index < -0.39 is 15.3 Å². The molecule has 1 amide bonds. The molecule has 0 radical (unpaired) electrons. The van der Waals surface area contributed by atoms with E-state index >= 15 is 0 Å². The zero-order valence-corrected chi connectivity index (χ0v) is 10.9. The van der Waals surface area contributed by atoms with Gasteiger partial charge in [-0.3, -0.25) is 4.79 Å². The maximum atomic E-state index is 11.9. The van der Waals surface area contributed by atoms with Crippen molar-refractivity contribution in [1.82, 2.24) is 9.62 Å². The van der Waals surface area contributed by atoms with Crippen LogP contribution in [0.3, 0.4) is 0 Å². The number of hydrogen-bond donors (Lipinski definition) is 1. The van der Waals surface area contributed by atoms with Crippen molar-refractivity contribution in [3.8, 4) is 0 Å². The maximum Gasteiger partial charge on any atom is 0.217 e. The Bertz CT molecular complexity index is 351. The van der Waals surface area contributed by atoms with E-state index in [0.717, 1.165) is 12.8 Å². The summed E-state index contributed by atoms with van der Waals surface area (Å²) < 4.78 is 25.3.